The molecule has 1 aliphatic rings. The van der Waals surface area contributed by atoms with Gasteiger partial charge in [-0.3, -0.25) is 4.79 Å². The first-order valence-corrected chi connectivity index (χ1v) is 10.6. The minimum Gasteiger partial charge on any atom is -0.497 e. The Bertz CT molecular complexity index is 1020. The Kier molecular flexibility index (Phi) is 5.88. The topological polar surface area (TPSA) is 47.4 Å². The average molecular weight is 404 g/mol. The normalized spacial score (nSPS) is 12.8. The molecule has 0 bridgehead atoms. The van der Waals surface area contributed by atoms with Crippen LogP contribution in [0.5, 0.6) is 5.75 Å². The Labute approximate surface area is 178 Å². The molecule has 0 unspecified atom stereocenters. The fraction of sp³-hybridized carbons (Fsp3) is 0.360. The first-order valence-electron chi connectivity index (χ1n) is 10.6. The molecule has 5 heteroatoms. The number of imidazole rings is 1. The van der Waals surface area contributed by atoms with Gasteiger partial charge in [-0.2, -0.15) is 0 Å². The lowest BCUT2D eigenvalue weighted by atomic mass is 10.1. The van der Waals surface area contributed by atoms with Crippen LogP contribution in [0.4, 0.5) is 0 Å². The summed E-state index contributed by atoms with van der Waals surface area (Å²) in [5.41, 5.74) is 3.88. The zero-order valence-electron chi connectivity index (χ0n) is 18.0. The molecular weight excluding hydrogens is 374 g/mol. The van der Waals surface area contributed by atoms with Crippen LogP contribution in [0.2, 0.25) is 0 Å². The van der Waals surface area contributed by atoms with Crippen molar-refractivity contribution >= 4 is 5.91 Å². The number of aryl methyl sites for hydroxylation is 2. The molecule has 156 valence electrons. The number of hydrogen-bond donors (Lipinski definition) is 0. The number of amides is 1. The van der Waals surface area contributed by atoms with E-state index in [0.29, 0.717) is 30.3 Å². The van der Waals surface area contributed by atoms with Crippen molar-refractivity contribution in [3.05, 3.63) is 71.7 Å². The molecule has 3 aromatic rings. The van der Waals surface area contributed by atoms with Crippen LogP contribution in [-0.2, 0) is 19.5 Å². The van der Waals surface area contributed by atoms with Gasteiger partial charge in [0, 0.05) is 43.4 Å². The molecule has 0 saturated carbocycles. The third-order valence-electron chi connectivity index (χ3n) is 5.44. The number of rotatable bonds is 7. The first-order chi connectivity index (χ1) is 14.5. The maximum atomic E-state index is 13.3. The number of benzene rings is 2. The van der Waals surface area contributed by atoms with Crippen LogP contribution in [0.15, 0.2) is 54.7 Å². The van der Waals surface area contributed by atoms with E-state index in [4.69, 9.17) is 9.72 Å². The smallest absolute Gasteiger partial charge is 0.254 e. The molecule has 4 rings (SSSR count). The molecular formula is C25H29N3O2. The molecule has 1 aliphatic heterocycles. The van der Waals surface area contributed by atoms with Gasteiger partial charge < -0.3 is 14.2 Å². The van der Waals surface area contributed by atoms with Crippen LogP contribution in [0.3, 0.4) is 0 Å². The molecule has 30 heavy (non-hydrogen) atoms. The second kappa shape index (κ2) is 8.74. The Balaban J connectivity index is 1.57. The predicted octanol–water partition coefficient (Wildman–Crippen LogP) is 4.80. The Morgan fingerprint density at radius 2 is 2.03 bits per heavy atom. The second-order valence-corrected chi connectivity index (χ2v) is 8.35. The van der Waals surface area contributed by atoms with Gasteiger partial charge in [0.1, 0.15) is 11.6 Å². The Morgan fingerprint density at radius 3 is 2.80 bits per heavy atom. The largest absolute Gasteiger partial charge is 0.497 e. The van der Waals surface area contributed by atoms with Crippen molar-refractivity contribution in [3.63, 3.8) is 0 Å². The second-order valence-electron chi connectivity index (χ2n) is 8.35. The van der Waals surface area contributed by atoms with E-state index < -0.39 is 0 Å². The van der Waals surface area contributed by atoms with Gasteiger partial charge in [0.25, 0.3) is 5.91 Å². The highest BCUT2D eigenvalue weighted by Crippen LogP contribution is 2.25. The van der Waals surface area contributed by atoms with Gasteiger partial charge in [-0.05, 0) is 42.2 Å². The van der Waals surface area contributed by atoms with Crippen LogP contribution in [-0.4, -0.2) is 34.0 Å². The fourth-order valence-corrected chi connectivity index (χ4v) is 4.04. The van der Waals surface area contributed by atoms with Crippen molar-refractivity contribution in [3.8, 4) is 17.0 Å². The molecule has 0 N–H and O–H groups in total. The number of ether oxygens (including phenoxy) is 1. The van der Waals surface area contributed by atoms with E-state index in [1.807, 2.05) is 23.1 Å². The monoisotopic (exact) mass is 403 g/mol. The summed E-state index contributed by atoms with van der Waals surface area (Å²) >= 11 is 0. The van der Waals surface area contributed by atoms with Crippen LogP contribution in [0, 0.1) is 5.92 Å². The summed E-state index contributed by atoms with van der Waals surface area (Å²) in [7, 11) is 1.62. The average Bonchev–Trinajstić information content (AvgIpc) is 3.35. The molecule has 2 aromatic carbocycles. The zero-order chi connectivity index (χ0) is 21.1. The zero-order valence-corrected chi connectivity index (χ0v) is 18.0. The number of aromatic nitrogens is 2. The minimum atomic E-state index is 0.0222. The number of nitrogens with zero attached hydrogens (tertiary/aromatic N) is 3. The molecule has 1 amide bonds. The molecule has 0 aliphatic carbocycles. The van der Waals surface area contributed by atoms with Gasteiger partial charge in [0.05, 0.1) is 12.8 Å². The molecule has 0 saturated heterocycles. The van der Waals surface area contributed by atoms with E-state index in [9.17, 15) is 4.79 Å². The van der Waals surface area contributed by atoms with Gasteiger partial charge in [-0.25, -0.2) is 4.98 Å². The molecule has 1 aromatic heterocycles. The van der Waals surface area contributed by atoms with E-state index in [0.717, 1.165) is 29.8 Å². The van der Waals surface area contributed by atoms with Crippen molar-refractivity contribution in [1.29, 1.82) is 0 Å². The number of methoxy groups -OCH3 is 1. The van der Waals surface area contributed by atoms with E-state index in [1.54, 1.807) is 13.2 Å². The summed E-state index contributed by atoms with van der Waals surface area (Å²) < 4.78 is 7.54. The van der Waals surface area contributed by atoms with Gasteiger partial charge in [0.2, 0.25) is 0 Å². The lowest BCUT2D eigenvalue weighted by Gasteiger charge is -2.25. The van der Waals surface area contributed by atoms with Crippen molar-refractivity contribution < 1.29 is 9.53 Å². The molecule has 0 atom stereocenters. The highest BCUT2D eigenvalue weighted by molar-refractivity contribution is 5.94. The maximum absolute atomic E-state index is 13.3. The van der Waals surface area contributed by atoms with Crippen LogP contribution in [0.1, 0.15) is 42.0 Å². The summed E-state index contributed by atoms with van der Waals surface area (Å²) in [5.74, 6) is 2.26. The van der Waals surface area contributed by atoms with Crippen molar-refractivity contribution in [1.82, 2.24) is 14.5 Å². The maximum Gasteiger partial charge on any atom is 0.254 e. The molecule has 2 heterocycles. The molecule has 0 spiro atoms. The van der Waals surface area contributed by atoms with Gasteiger partial charge in [0.15, 0.2) is 0 Å². The van der Waals surface area contributed by atoms with E-state index in [2.05, 4.69) is 48.9 Å². The van der Waals surface area contributed by atoms with Crippen molar-refractivity contribution in [2.75, 3.05) is 13.7 Å². The number of carbonyl (C=O) groups is 1. The minimum absolute atomic E-state index is 0.0222. The van der Waals surface area contributed by atoms with Gasteiger partial charge in [-0.1, -0.05) is 38.1 Å². The lowest BCUT2D eigenvalue weighted by Crippen LogP contribution is -2.33. The fourth-order valence-electron chi connectivity index (χ4n) is 4.04. The Hall–Kier alpha value is -3.08. The van der Waals surface area contributed by atoms with Crippen LogP contribution < -0.4 is 4.74 Å². The third-order valence-corrected chi connectivity index (χ3v) is 5.44. The SMILES string of the molecule is COc1cccc(C(=O)N(Cc2cccc(-c3cn4c(n3)CCC4)c2)CC(C)C)c1. The molecule has 0 fully saturated rings. The molecule has 5 nitrogen and oxygen atoms in total. The number of hydrogen-bond acceptors (Lipinski definition) is 3. The molecule has 0 radical (unpaired) electrons. The third kappa shape index (κ3) is 4.40. The first kappa shape index (κ1) is 20.2. The van der Waals surface area contributed by atoms with Gasteiger partial charge >= 0.3 is 0 Å². The quantitative estimate of drug-likeness (QED) is 0.569. The van der Waals surface area contributed by atoms with Gasteiger partial charge in [-0.15, -0.1) is 0 Å². The standard InChI is InChI=1S/C25H29N3O2/c1-18(2)15-28(25(29)21-9-5-10-22(14-21)30-3)16-19-7-4-8-20(13-19)23-17-27-12-6-11-24(27)26-23/h4-5,7-10,13-14,17-18H,6,11-12,15-16H2,1-3H3. The summed E-state index contributed by atoms with van der Waals surface area (Å²) in [6.07, 6.45) is 4.38. The van der Waals surface area contributed by atoms with E-state index in [-0.39, 0.29) is 5.91 Å². The number of fused-ring (bicyclic) bond motifs is 1. The summed E-state index contributed by atoms with van der Waals surface area (Å²) in [4.78, 5) is 20.0. The van der Waals surface area contributed by atoms with Crippen molar-refractivity contribution in [2.24, 2.45) is 5.92 Å². The van der Waals surface area contributed by atoms with E-state index in [1.165, 1.54) is 12.2 Å². The lowest BCUT2D eigenvalue weighted by molar-refractivity contribution is 0.0722. The van der Waals surface area contributed by atoms with Crippen LogP contribution in [0.25, 0.3) is 11.3 Å². The van der Waals surface area contributed by atoms with E-state index >= 15 is 0 Å². The number of carbonyl (C=O) groups excluding carboxylic acids is 1. The summed E-state index contributed by atoms with van der Waals surface area (Å²) in [5, 5.41) is 0. The van der Waals surface area contributed by atoms with Crippen LogP contribution >= 0.6 is 0 Å². The highest BCUT2D eigenvalue weighted by atomic mass is 16.5. The summed E-state index contributed by atoms with van der Waals surface area (Å²) in [6, 6.07) is 15.8. The summed E-state index contributed by atoms with van der Waals surface area (Å²) in [6.45, 7) is 6.58. The predicted molar refractivity (Wildman–Crippen MR) is 119 cm³/mol. The van der Waals surface area contributed by atoms with Crippen molar-refractivity contribution in [2.45, 2.75) is 39.8 Å². The highest BCUT2D eigenvalue weighted by Gasteiger charge is 2.19. The Morgan fingerprint density at radius 1 is 1.20 bits per heavy atom.